The summed E-state index contributed by atoms with van der Waals surface area (Å²) in [5, 5.41) is 7.83. The molecule has 0 fully saturated rings. The normalized spacial score (nSPS) is 11.9. The Labute approximate surface area is 514 Å². The maximum atomic E-state index is 2.87. The predicted molar refractivity (Wildman–Crippen MR) is 379 cm³/mol. The Kier molecular flexibility index (Phi) is 38.2. The standard InChI is InChI=1S/C80H132P2/c1-14-27-40-41-42-55-80(81(76-60-56-64(43-28-15-2)68(47-32-19-6)72(76)51-36-23-10)77-61-57-65(44-29-16-3)69(48-33-20-7)73(77)52-37-24-11)82(78-62-58-66(45-30-17-4)70(49-34-21-8)74(78)53-38-25-12)79-63-59-67(46-31-18-5)71(50-35-22-9)75(79)54-39-26-13/h56-63,80H,14-55H2,1-13H3. The summed E-state index contributed by atoms with van der Waals surface area (Å²) in [5.41, 5.74) is 21.2. The Bertz CT molecular complexity index is 2010. The van der Waals surface area contributed by atoms with Gasteiger partial charge in [-0.2, -0.15) is 0 Å². The second-order valence-electron chi connectivity index (χ2n) is 25.5. The van der Waals surface area contributed by atoms with Gasteiger partial charge in [0.05, 0.1) is 0 Å². The Morgan fingerprint density at radius 3 is 0.622 bits per heavy atom. The summed E-state index contributed by atoms with van der Waals surface area (Å²) in [7, 11) is -1.62. The first-order valence-corrected chi connectivity index (χ1v) is 39.2. The van der Waals surface area contributed by atoms with Crippen LogP contribution in [0.3, 0.4) is 0 Å². The summed E-state index contributed by atoms with van der Waals surface area (Å²) < 4.78 is 0. The van der Waals surface area contributed by atoms with E-state index in [1.165, 1.54) is 270 Å². The maximum Gasteiger partial charge on any atom is 0.0155 e. The van der Waals surface area contributed by atoms with E-state index in [1.54, 1.807) is 44.5 Å². The van der Waals surface area contributed by atoms with Crippen LogP contribution in [-0.4, -0.2) is 5.40 Å². The first-order chi connectivity index (χ1) is 40.3. The number of hydrogen-bond donors (Lipinski definition) is 0. The number of benzene rings is 4. The predicted octanol–water partition coefficient (Wildman–Crippen LogP) is 24.1. The minimum absolute atomic E-state index is 0.537. The van der Waals surface area contributed by atoms with Crippen LogP contribution < -0.4 is 21.2 Å². The first-order valence-electron chi connectivity index (χ1n) is 36.4. The van der Waals surface area contributed by atoms with Gasteiger partial charge in [0.2, 0.25) is 0 Å². The van der Waals surface area contributed by atoms with Gasteiger partial charge in [-0.1, -0.05) is 248 Å². The van der Waals surface area contributed by atoms with Gasteiger partial charge in [-0.25, -0.2) is 0 Å². The molecule has 0 N–H and O–H groups in total. The zero-order chi connectivity index (χ0) is 59.3. The third kappa shape index (κ3) is 21.9. The van der Waals surface area contributed by atoms with Crippen LogP contribution in [-0.2, 0) is 77.0 Å². The Hall–Kier alpha value is -2.26. The van der Waals surface area contributed by atoms with Gasteiger partial charge in [-0.05, 0) is 264 Å². The number of unbranched alkanes of at least 4 members (excludes halogenated alkanes) is 16. The van der Waals surface area contributed by atoms with Crippen LogP contribution in [0.25, 0.3) is 0 Å². The molecule has 0 saturated heterocycles. The molecule has 82 heavy (non-hydrogen) atoms. The van der Waals surface area contributed by atoms with Crippen molar-refractivity contribution < 1.29 is 0 Å². The second-order valence-corrected chi connectivity index (χ2v) is 30.5. The zero-order valence-electron chi connectivity index (χ0n) is 56.8. The van der Waals surface area contributed by atoms with Gasteiger partial charge in [0, 0.05) is 5.40 Å². The van der Waals surface area contributed by atoms with Gasteiger partial charge in [0.25, 0.3) is 0 Å². The molecule has 4 aromatic rings. The van der Waals surface area contributed by atoms with Crippen molar-refractivity contribution in [1.82, 2.24) is 0 Å². The van der Waals surface area contributed by atoms with Gasteiger partial charge in [-0.3, -0.25) is 0 Å². The van der Waals surface area contributed by atoms with Crippen LogP contribution in [0.2, 0.25) is 0 Å². The van der Waals surface area contributed by atoms with Crippen molar-refractivity contribution in [2.24, 2.45) is 0 Å². The van der Waals surface area contributed by atoms with E-state index in [1.807, 2.05) is 43.5 Å². The average molecular weight is 1160 g/mol. The third-order valence-corrected chi connectivity index (χ3v) is 25.5. The van der Waals surface area contributed by atoms with Crippen molar-refractivity contribution in [2.75, 3.05) is 0 Å². The minimum atomic E-state index is -0.810. The highest BCUT2D eigenvalue weighted by Crippen LogP contribution is 2.61. The molecule has 2 heteroatoms. The van der Waals surface area contributed by atoms with Crippen LogP contribution in [0.15, 0.2) is 48.5 Å². The fraction of sp³-hybridized carbons (Fsp3) is 0.700. The maximum absolute atomic E-state index is 2.87. The van der Waals surface area contributed by atoms with Crippen LogP contribution in [0.5, 0.6) is 0 Å². The van der Waals surface area contributed by atoms with Gasteiger partial charge in [0.15, 0.2) is 0 Å². The number of aryl methyl sites for hydroxylation is 4. The fourth-order valence-electron chi connectivity index (χ4n) is 13.6. The minimum Gasteiger partial charge on any atom is -0.0654 e. The average Bonchev–Trinajstić information content (AvgIpc) is 3.43. The largest absolute Gasteiger partial charge is 0.0654 e. The molecule has 0 aromatic heterocycles. The van der Waals surface area contributed by atoms with Gasteiger partial charge >= 0.3 is 0 Å². The molecule has 0 aliphatic carbocycles. The first kappa shape index (κ1) is 72.2. The summed E-state index contributed by atoms with van der Waals surface area (Å²) in [5.74, 6) is 0. The van der Waals surface area contributed by atoms with E-state index in [9.17, 15) is 0 Å². The lowest BCUT2D eigenvalue weighted by Crippen LogP contribution is -2.34. The molecule has 4 aromatic carbocycles. The molecule has 0 unspecified atom stereocenters. The van der Waals surface area contributed by atoms with Gasteiger partial charge in [-0.15, -0.1) is 0 Å². The van der Waals surface area contributed by atoms with Crippen molar-refractivity contribution in [1.29, 1.82) is 0 Å². The molecule has 0 atom stereocenters. The van der Waals surface area contributed by atoms with E-state index >= 15 is 0 Å². The monoisotopic (exact) mass is 1150 g/mol. The second kappa shape index (κ2) is 43.4. The summed E-state index contributed by atoms with van der Waals surface area (Å²) in [6.45, 7) is 31.8. The highest BCUT2D eigenvalue weighted by molar-refractivity contribution is 7.89. The van der Waals surface area contributed by atoms with Crippen molar-refractivity contribution in [3.05, 3.63) is 115 Å². The van der Waals surface area contributed by atoms with Crippen LogP contribution >= 0.6 is 15.8 Å². The van der Waals surface area contributed by atoms with Crippen LogP contribution in [0.1, 0.15) is 349 Å². The lowest BCUT2D eigenvalue weighted by atomic mass is 9.90. The van der Waals surface area contributed by atoms with E-state index in [-0.39, 0.29) is 0 Å². The molecule has 0 nitrogen and oxygen atoms in total. The fourth-order valence-corrected chi connectivity index (χ4v) is 21.8. The molecule has 0 aliphatic rings. The summed E-state index contributed by atoms with van der Waals surface area (Å²) in [6, 6.07) is 22.5. The van der Waals surface area contributed by atoms with Crippen molar-refractivity contribution in [3.63, 3.8) is 0 Å². The van der Waals surface area contributed by atoms with E-state index in [2.05, 4.69) is 139 Å². The van der Waals surface area contributed by atoms with E-state index < -0.39 is 15.8 Å². The highest BCUT2D eigenvalue weighted by atomic mass is 31.2. The molecule has 0 saturated carbocycles. The van der Waals surface area contributed by atoms with Crippen molar-refractivity contribution in [2.45, 2.75) is 365 Å². The van der Waals surface area contributed by atoms with Gasteiger partial charge in [0.1, 0.15) is 0 Å². The summed E-state index contributed by atoms with van der Waals surface area (Å²) in [4.78, 5) is 0. The molecule has 0 heterocycles. The summed E-state index contributed by atoms with van der Waals surface area (Å²) in [6.07, 6.45) is 53.4. The molecule has 0 amide bonds. The van der Waals surface area contributed by atoms with E-state index in [0.29, 0.717) is 5.40 Å². The van der Waals surface area contributed by atoms with E-state index in [0.717, 1.165) is 0 Å². The van der Waals surface area contributed by atoms with Crippen molar-refractivity contribution in [3.8, 4) is 0 Å². The molecule has 462 valence electrons. The topological polar surface area (TPSA) is 0 Å². The van der Waals surface area contributed by atoms with Crippen molar-refractivity contribution >= 4 is 37.1 Å². The zero-order valence-corrected chi connectivity index (χ0v) is 58.6. The van der Waals surface area contributed by atoms with Gasteiger partial charge < -0.3 is 0 Å². The number of hydrogen-bond acceptors (Lipinski definition) is 0. The lowest BCUT2D eigenvalue weighted by molar-refractivity contribution is 0.621. The smallest absolute Gasteiger partial charge is 0.0155 e. The Balaban J connectivity index is 2.54. The lowest BCUT2D eigenvalue weighted by Gasteiger charge is -2.41. The molecule has 0 bridgehead atoms. The third-order valence-electron chi connectivity index (χ3n) is 18.7. The molecular formula is C80H132P2. The van der Waals surface area contributed by atoms with Crippen LogP contribution in [0, 0.1) is 0 Å². The summed E-state index contributed by atoms with van der Waals surface area (Å²) >= 11 is 0. The molecular weight excluding hydrogens is 1020 g/mol. The van der Waals surface area contributed by atoms with E-state index in [4.69, 9.17) is 0 Å². The number of rotatable bonds is 48. The Morgan fingerprint density at radius 2 is 0.402 bits per heavy atom. The Morgan fingerprint density at radius 1 is 0.207 bits per heavy atom. The van der Waals surface area contributed by atoms with Crippen LogP contribution in [0.4, 0.5) is 0 Å². The SMILES string of the molecule is CCCCCCCC(P(c1ccc(CCCC)c(CCCC)c1CCCC)c1ccc(CCCC)c(CCCC)c1CCCC)P(c1ccc(CCCC)c(CCCC)c1CCCC)c1ccc(CCCC)c(CCCC)c1CCCC. The molecule has 0 radical (unpaired) electrons. The molecule has 0 spiro atoms. The molecule has 4 rings (SSSR count). The molecule has 0 aliphatic heterocycles. The highest BCUT2D eigenvalue weighted by Gasteiger charge is 2.39. The quantitative estimate of drug-likeness (QED) is 0.0305.